The Labute approximate surface area is 105 Å². The molecule has 18 heavy (non-hydrogen) atoms. The van der Waals surface area contributed by atoms with E-state index in [0.717, 1.165) is 22.5 Å². The summed E-state index contributed by atoms with van der Waals surface area (Å²) < 4.78 is 1.99. The molecule has 0 amide bonds. The molecule has 3 nitrogen and oxygen atoms in total. The molecule has 0 atom stereocenters. The number of benzene rings is 2. The Hall–Kier alpha value is -2.42. The minimum Gasteiger partial charge on any atom is -0.311 e. The van der Waals surface area contributed by atoms with E-state index in [4.69, 9.17) is 0 Å². The van der Waals surface area contributed by atoms with Crippen molar-refractivity contribution in [1.82, 2.24) is 9.55 Å². The van der Waals surface area contributed by atoms with Crippen LogP contribution in [0.15, 0.2) is 59.6 Å². The fraction of sp³-hybridized carbons (Fsp3) is 0.0667. The third kappa shape index (κ3) is 1.91. The lowest BCUT2D eigenvalue weighted by atomic mass is 10.2. The van der Waals surface area contributed by atoms with Gasteiger partial charge < -0.3 is 4.57 Å². The lowest BCUT2D eigenvalue weighted by Crippen LogP contribution is -1.87. The highest BCUT2D eigenvalue weighted by Gasteiger charge is 2.04. The van der Waals surface area contributed by atoms with E-state index in [9.17, 15) is 0 Å². The Kier molecular flexibility index (Phi) is 2.65. The summed E-state index contributed by atoms with van der Waals surface area (Å²) in [5.41, 5.74) is 3.14. The number of aryl methyl sites for hydroxylation is 1. The molecule has 3 heteroatoms. The van der Waals surface area contributed by atoms with Crippen molar-refractivity contribution in [2.75, 3.05) is 0 Å². The number of aromatic nitrogens is 2. The smallest absolute Gasteiger partial charge is 0.230 e. The largest absolute Gasteiger partial charge is 0.311 e. The predicted molar refractivity (Wildman–Crippen MR) is 74.4 cm³/mol. The van der Waals surface area contributed by atoms with Gasteiger partial charge in [0.05, 0.1) is 11.0 Å². The van der Waals surface area contributed by atoms with Crippen LogP contribution in [0.2, 0.25) is 0 Å². The molecule has 88 valence electrons. The molecule has 0 aliphatic rings. The maximum atomic E-state index is 4.49. The zero-order valence-electron chi connectivity index (χ0n) is 10.1. The first-order chi connectivity index (χ1) is 8.84. The van der Waals surface area contributed by atoms with Crippen LogP contribution in [0.5, 0.6) is 0 Å². The van der Waals surface area contributed by atoms with Crippen molar-refractivity contribution < 1.29 is 0 Å². The van der Waals surface area contributed by atoms with Crippen LogP contribution in [0.25, 0.3) is 11.0 Å². The SMILES string of the molecule is Cn1c(/N=C/c2ccccc2)nc2ccccc21. The zero-order valence-corrected chi connectivity index (χ0v) is 10.1. The summed E-state index contributed by atoms with van der Waals surface area (Å²) in [5.74, 6) is 0.722. The van der Waals surface area contributed by atoms with Crippen molar-refractivity contribution in [3.8, 4) is 0 Å². The van der Waals surface area contributed by atoms with Crippen molar-refractivity contribution in [3.05, 3.63) is 60.2 Å². The molecule has 0 fully saturated rings. The molecule has 1 aromatic heterocycles. The van der Waals surface area contributed by atoms with Crippen LogP contribution in [0.1, 0.15) is 5.56 Å². The number of nitrogens with zero attached hydrogens (tertiary/aromatic N) is 3. The second-order valence-corrected chi connectivity index (χ2v) is 4.13. The van der Waals surface area contributed by atoms with Crippen LogP contribution >= 0.6 is 0 Å². The average Bonchev–Trinajstić information content (AvgIpc) is 2.75. The maximum absolute atomic E-state index is 4.49. The van der Waals surface area contributed by atoms with Gasteiger partial charge in [0.15, 0.2) is 0 Å². The highest BCUT2D eigenvalue weighted by atomic mass is 15.2. The van der Waals surface area contributed by atoms with Crippen LogP contribution in [-0.4, -0.2) is 15.8 Å². The Morgan fingerprint density at radius 2 is 1.72 bits per heavy atom. The second-order valence-electron chi connectivity index (χ2n) is 4.13. The normalized spacial score (nSPS) is 11.4. The van der Waals surface area contributed by atoms with Gasteiger partial charge in [0, 0.05) is 13.3 Å². The summed E-state index contributed by atoms with van der Waals surface area (Å²) in [7, 11) is 1.98. The molecule has 3 aromatic rings. The molecule has 0 aliphatic heterocycles. The van der Waals surface area contributed by atoms with Crippen molar-refractivity contribution >= 4 is 23.2 Å². The maximum Gasteiger partial charge on any atom is 0.230 e. The highest BCUT2D eigenvalue weighted by Crippen LogP contribution is 2.19. The van der Waals surface area contributed by atoms with Gasteiger partial charge >= 0.3 is 0 Å². The Morgan fingerprint density at radius 3 is 2.50 bits per heavy atom. The molecule has 0 spiro atoms. The summed E-state index contributed by atoms with van der Waals surface area (Å²) in [5, 5.41) is 0. The molecule has 0 aliphatic carbocycles. The van der Waals surface area contributed by atoms with Gasteiger partial charge in [-0.3, -0.25) is 0 Å². The van der Waals surface area contributed by atoms with E-state index in [2.05, 4.69) is 9.98 Å². The third-order valence-corrected chi connectivity index (χ3v) is 2.89. The van der Waals surface area contributed by atoms with E-state index in [1.807, 2.05) is 72.4 Å². The fourth-order valence-electron chi connectivity index (χ4n) is 1.92. The quantitative estimate of drug-likeness (QED) is 0.627. The minimum absolute atomic E-state index is 0.722. The van der Waals surface area contributed by atoms with Gasteiger partial charge in [-0.1, -0.05) is 42.5 Å². The van der Waals surface area contributed by atoms with Crippen molar-refractivity contribution in [2.45, 2.75) is 0 Å². The topological polar surface area (TPSA) is 30.2 Å². The molecule has 0 bridgehead atoms. The number of imidazole rings is 1. The minimum atomic E-state index is 0.722. The molecule has 1 heterocycles. The summed E-state index contributed by atoms with van der Waals surface area (Å²) in [6.45, 7) is 0. The van der Waals surface area contributed by atoms with Gasteiger partial charge in [0.25, 0.3) is 0 Å². The van der Waals surface area contributed by atoms with Gasteiger partial charge in [-0.05, 0) is 17.7 Å². The van der Waals surface area contributed by atoms with E-state index < -0.39 is 0 Å². The molecular formula is C15H13N3. The van der Waals surface area contributed by atoms with E-state index >= 15 is 0 Å². The summed E-state index contributed by atoms with van der Waals surface area (Å²) >= 11 is 0. The molecule has 2 aromatic carbocycles. The first-order valence-corrected chi connectivity index (χ1v) is 5.85. The molecule has 0 saturated carbocycles. The molecule has 0 unspecified atom stereocenters. The Balaban J connectivity index is 2.00. The number of hydrogen-bond acceptors (Lipinski definition) is 2. The monoisotopic (exact) mass is 235 g/mol. The van der Waals surface area contributed by atoms with Gasteiger partial charge in [0.1, 0.15) is 0 Å². The van der Waals surface area contributed by atoms with E-state index in [1.165, 1.54) is 0 Å². The average molecular weight is 235 g/mol. The standard InChI is InChI=1S/C15H13N3/c1-18-14-10-6-5-9-13(14)17-15(18)16-11-12-7-3-2-4-8-12/h2-11H,1H3/b16-11+. The van der Waals surface area contributed by atoms with E-state index in [-0.39, 0.29) is 0 Å². The van der Waals surface area contributed by atoms with Crippen molar-refractivity contribution in [2.24, 2.45) is 12.0 Å². The van der Waals surface area contributed by atoms with Gasteiger partial charge in [-0.2, -0.15) is 0 Å². The Bertz CT molecular complexity index is 696. The number of rotatable bonds is 2. The van der Waals surface area contributed by atoms with E-state index in [1.54, 1.807) is 0 Å². The van der Waals surface area contributed by atoms with Crippen molar-refractivity contribution in [3.63, 3.8) is 0 Å². The van der Waals surface area contributed by atoms with Gasteiger partial charge in [-0.15, -0.1) is 0 Å². The highest BCUT2D eigenvalue weighted by molar-refractivity contribution is 5.83. The second kappa shape index (κ2) is 4.45. The lowest BCUT2D eigenvalue weighted by Gasteiger charge is -1.96. The van der Waals surface area contributed by atoms with Crippen LogP contribution in [0.4, 0.5) is 5.95 Å². The number of hydrogen-bond donors (Lipinski definition) is 0. The van der Waals surface area contributed by atoms with Crippen LogP contribution < -0.4 is 0 Å². The number of aliphatic imine (C=N–C) groups is 1. The molecule has 3 rings (SSSR count). The first-order valence-electron chi connectivity index (χ1n) is 5.85. The summed E-state index contributed by atoms with van der Waals surface area (Å²) in [6, 6.07) is 18.1. The third-order valence-electron chi connectivity index (χ3n) is 2.89. The number of para-hydroxylation sites is 2. The first kappa shape index (κ1) is 10.7. The molecule has 0 N–H and O–H groups in total. The zero-order chi connectivity index (χ0) is 12.4. The number of fused-ring (bicyclic) bond motifs is 1. The predicted octanol–water partition coefficient (Wildman–Crippen LogP) is 3.32. The molecule has 0 radical (unpaired) electrons. The fourth-order valence-corrected chi connectivity index (χ4v) is 1.92. The van der Waals surface area contributed by atoms with Crippen molar-refractivity contribution in [1.29, 1.82) is 0 Å². The summed E-state index contributed by atoms with van der Waals surface area (Å²) in [4.78, 5) is 8.93. The Morgan fingerprint density at radius 1 is 1.00 bits per heavy atom. The lowest BCUT2D eigenvalue weighted by molar-refractivity contribution is 0.945. The molecular weight excluding hydrogens is 222 g/mol. The van der Waals surface area contributed by atoms with Gasteiger partial charge in [0.2, 0.25) is 5.95 Å². The molecule has 0 saturated heterocycles. The van der Waals surface area contributed by atoms with Crippen LogP contribution in [0.3, 0.4) is 0 Å². The summed E-state index contributed by atoms with van der Waals surface area (Å²) in [6.07, 6.45) is 1.83. The van der Waals surface area contributed by atoms with E-state index in [0.29, 0.717) is 0 Å². The van der Waals surface area contributed by atoms with Crippen LogP contribution in [-0.2, 0) is 7.05 Å². The van der Waals surface area contributed by atoms with Gasteiger partial charge in [-0.25, -0.2) is 9.98 Å². The van der Waals surface area contributed by atoms with Crippen LogP contribution in [0, 0.1) is 0 Å².